The Morgan fingerprint density at radius 2 is 2.14 bits per heavy atom. The van der Waals surface area contributed by atoms with Gasteiger partial charge >= 0.3 is 0 Å². The standard InChI is InChI=1S/C11H14O2S/c1-3-10(12)9-6-5-8(14)7-11(9)13-4-2/h5-7,14H,3-4H2,1-2H3. The molecular weight excluding hydrogens is 196 g/mol. The molecule has 1 aromatic carbocycles. The quantitative estimate of drug-likeness (QED) is 0.611. The lowest BCUT2D eigenvalue weighted by Gasteiger charge is -2.08. The fraction of sp³-hybridized carbons (Fsp3) is 0.364. The van der Waals surface area contributed by atoms with Crippen LogP contribution in [-0.4, -0.2) is 12.4 Å². The predicted molar refractivity (Wildman–Crippen MR) is 59.5 cm³/mol. The first-order chi connectivity index (χ1) is 6.69. The lowest BCUT2D eigenvalue weighted by atomic mass is 10.1. The van der Waals surface area contributed by atoms with Gasteiger partial charge in [0, 0.05) is 11.3 Å². The maximum Gasteiger partial charge on any atom is 0.166 e. The van der Waals surface area contributed by atoms with Crippen LogP contribution in [0.1, 0.15) is 30.6 Å². The van der Waals surface area contributed by atoms with Crippen LogP contribution in [0.5, 0.6) is 5.75 Å². The van der Waals surface area contributed by atoms with Gasteiger partial charge < -0.3 is 4.74 Å². The highest BCUT2D eigenvalue weighted by molar-refractivity contribution is 7.80. The van der Waals surface area contributed by atoms with Crippen molar-refractivity contribution in [1.29, 1.82) is 0 Å². The van der Waals surface area contributed by atoms with Crippen LogP contribution in [0.3, 0.4) is 0 Å². The third kappa shape index (κ3) is 2.51. The van der Waals surface area contributed by atoms with E-state index in [2.05, 4.69) is 12.6 Å². The molecule has 0 spiro atoms. The average molecular weight is 210 g/mol. The van der Waals surface area contributed by atoms with Crippen molar-refractivity contribution in [2.45, 2.75) is 25.2 Å². The summed E-state index contributed by atoms with van der Waals surface area (Å²) in [5.41, 5.74) is 0.646. The summed E-state index contributed by atoms with van der Waals surface area (Å²) in [7, 11) is 0. The van der Waals surface area contributed by atoms with Crippen molar-refractivity contribution in [2.75, 3.05) is 6.61 Å². The third-order valence-corrected chi connectivity index (χ3v) is 2.16. The molecule has 0 amide bonds. The summed E-state index contributed by atoms with van der Waals surface area (Å²) in [5.74, 6) is 0.730. The van der Waals surface area contributed by atoms with Crippen LogP contribution in [0.2, 0.25) is 0 Å². The highest BCUT2D eigenvalue weighted by Crippen LogP contribution is 2.23. The molecular formula is C11H14O2S. The van der Waals surface area contributed by atoms with Gasteiger partial charge in [-0.1, -0.05) is 6.92 Å². The summed E-state index contributed by atoms with van der Waals surface area (Å²) in [6.07, 6.45) is 0.492. The molecule has 0 fully saturated rings. The average Bonchev–Trinajstić information content (AvgIpc) is 2.17. The molecule has 0 radical (unpaired) electrons. The van der Waals surface area contributed by atoms with Crippen LogP contribution in [0, 0.1) is 0 Å². The molecule has 0 saturated carbocycles. The van der Waals surface area contributed by atoms with E-state index in [1.54, 1.807) is 18.2 Å². The molecule has 0 aliphatic carbocycles. The lowest BCUT2D eigenvalue weighted by Crippen LogP contribution is -2.02. The molecule has 0 unspecified atom stereocenters. The molecule has 0 aliphatic heterocycles. The van der Waals surface area contributed by atoms with Crippen molar-refractivity contribution >= 4 is 18.4 Å². The number of ketones is 1. The van der Waals surface area contributed by atoms with Crippen molar-refractivity contribution in [3.63, 3.8) is 0 Å². The fourth-order valence-corrected chi connectivity index (χ4v) is 1.40. The van der Waals surface area contributed by atoms with Crippen molar-refractivity contribution in [3.8, 4) is 5.75 Å². The van der Waals surface area contributed by atoms with E-state index in [4.69, 9.17) is 4.74 Å². The van der Waals surface area contributed by atoms with Crippen LogP contribution in [0.4, 0.5) is 0 Å². The number of ether oxygens (including phenoxy) is 1. The van der Waals surface area contributed by atoms with E-state index in [9.17, 15) is 4.79 Å². The molecule has 14 heavy (non-hydrogen) atoms. The largest absolute Gasteiger partial charge is 0.493 e. The van der Waals surface area contributed by atoms with Gasteiger partial charge in [0.25, 0.3) is 0 Å². The van der Waals surface area contributed by atoms with Crippen molar-refractivity contribution in [2.24, 2.45) is 0 Å². The number of rotatable bonds is 4. The molecule has 0 aromatic heterocycles. The van der Waals surface area contributed by atoms with Gasteiger partial charge in [0.2, 0.25) is 0 Å². The van der Waals surface area contributed by atoms with E-state index in [1.807, 2.05) is 13.8 Å². The van der Waals surface area contributed by atoms with Gasteiger partial charge in [-0.15, -0.1) is 12.6 Å². The van der Waals surface area contributed by atoms with E-state index in [1.165, 1.54) is 0 Å². The first-order valence-electron chi connectivity index (χ1n) is 4.68. The summed E-state index contributed by atoms with van der Waals surface area (Å²) >= 11 is 4.20. The fourth-order valence-electron chi connectivity index (χ4n) is 1.21. The predicted octanol–water partition coefficient (Wildman–Crippen LogP) is 2.97. The van der Waals surface area contributed by atoms with Gasteiger partial charge in [0.15, 0.2) is 5.78 Å². The molecule has 0 heterocycles. The monoisotopic (exact) mass is 210 g/mol. The minimum absolute atomic E-state index is 0.0989. The van der Waals surface area contributed by atoms with Gasteiger partial charge in [-0.05, 0) is 25.1 Å². The van der Waals surface area contributed by atoms with E-state index in [0.29, 0.717) is 24.3 Å². The maximum absolute atomic E-state index is 11.5. The third-order valence-electron chi connectivity index (χ3n) is 1.89. The Labute approximate surface area is 89.7 Å². The highest BCUT2D eigenvalue weighted by atomic mass is 32.1. The molecule has 0 bridgehead atoms. The summed E-state index contributed by atoms with van der Waals surface area (Å²) in [4.78, 5) is 12.3. The van der Waals surface area contributed by atoms with E-state index in [-0.39, 0.29) is 5.78 Å². The Kier molecular flexibility index (Phi) is 4.01. The van der Waals surface area contributed by atoms with Gasteiger partial charge in [-0.3, -0.25) is 4.79 Å². The number of hydrogen-bond donors (Lipinski definition) is 1. The SMILES string of the molecule is CCOc1cc(S)ccc1C(=O)CC. The number of carbonyl (C=O) groups excluding carboxylic acids is 1. The zero-order chi connectivity index (χ0) is 10.6. The second-order valence-corrected chi connectivity index (χ2v) is 3.41. The summed E-state index contributed by atoms with van der Waals surface area (Å²) < 4.78 is 5.37. The summed E-state index contributed by atoms with van der Waals surface area (Å²) in [6, 6.07) is 5.34. The first kappa shape index (κ1) is 11.1. The Hall–Kier alpha value is -0.960. The Morgan fingerprint density at radius 1 is 1.43 bits per heavy atom. The topological polar surface area (TPSA) is 26.3 Å². The van der Waals surface area contributed by atoms with Gasteiger partial charge in [-0.2, -0.15) is 0 Å². The zero-order valence-electron chi connectivity index (χ0n) is 8.41. The molecule has 0 N–H and O–H groups in total. The number of benzene rings is 1. The number of carbonyl (C=O) groups is 1. The minimum atomic E-state index is 0.0989. The molecule has 0 atom stereocenters. The smallest absolute Gasteiger partial charge is 0.166 e. The van der Waals surface area contributed by atoms with Crippen molar-refractivity contribution in [3.05, 3.63) is 23.8 Å². The molecule has 1 aromatic rings. The Balaban J connectivity index is 3.07. The second-order valence-electron chi connectivity index (χ2n) is 2.89. The highest BCUT2D eigenvalue weighted by Gasteiger charge is 2.10. The van der Waals surface area contributed by atoms with E-state index in [0.717, 1.165) is 4.90 Å². The van der Waals surface area contributed by atoms with Gasteiger partial charge in [0.1, 0.15) is 5.75 Å². The molecule has 76 valence electrons. The number of hydrogen-bond acceptors (Lipinski definition) is 3. The van der Waals surface area contributed by atoms with Crippen LogP contribution in [-0.2, 0) is 0 Å². The lowest BCUT2D eigenvalue weighted by molar-refractivity contribution is 0.0984. The summed E-state index contributed by atoms with van der Waals surface area (Å²) in [5, 5.41) is 0. The second kappa shape index (κ2) is 5.05. The minimum Gasteiger partial charge on any atom is -0.493 e. The molecule has 3 heteroatoms. The Morgan fingerprint density at radius 3 is 2.71 bits per heavy atom. The normalized spacial score (nSPS) is 9.93. The van der Waals surface area contributed by atoms with Crippen LogP contribution >= 0.6 is 12.6 Å². The van der Waals surface area contributed by atoms with Crippen LogP contribution < -0.4 is 4.74 Å². The van der Waals surface area contributed by atoms with Crippen molar-refractivity contribution < 1.29 is 9.53 Å². The van der Waals surface area contributed by atoms with Gasteiger partial charge in [-0.25, -0.2) is 0 Å². The first-order valence-corrected chi connectivity index (χ1v) is 5.12. The molecule has 1 rings (SSSR count). The number of Topliss-reactive ketones (excluding diaryl/α,β-unsaturated/α-hetero) is 1. The van der Waals surface area contributed by atoms with Gasteiger partial charge in [0.05, 0.1) is 12.2 Å². The maximum atomic E-state index is 11.5. The van der Waals surface area contributed by atoms with E-state index >= 15 is 0 Å². The molecule has 0 saturated heterocycles. The summed E-state index contributed by atoms with van der Waals surface area (Å²) in [6.45, 7) is 4.29. The molecule has 2 nitrogen and oxygen atoms in total. The number of thiol groups is 1. The van der Waals surface area contributed by atoms with Crippen molar-refractivity contribution in [1.82, 2.24) is 0 Å². The molecule has 0 aliphatic rings. The zero-order valence-corrected chi connectivity index (χ0v) is 9.30. The van der Waals surface area contributed by atoms with Crippen LogP contribution in [0.25, 0.3) is 0 Å². The Bertz CT molecular complexity index is 334. The van der Waals surface area contributed by atoms with Crippen LogP contribution in [0.15, 0.2) is 23.1 Å². The van der Waals surface area contributed by atoms with E-state index < -0.39 is 0 Å².